The molecule has 0 amide bonds. The van der Waals surface area contributed by atoms with Crippen LogP contribution in [0.2, 0.25) is 0 Å². The van der Waals surface area contributed by atoms with Crippen molar-refractivity contribution in [3.8, 4) is 11.8 Å². The average molecular weight is 539 g/mol. The van der Waals surface area contributed by atoms with E-state index in [1.165, 1.54) is 6.08 Å². The van der Waals surface area contributed by atoms with Gasteiger partial charge in [-0.25, -0.2) is 4.79 Å². The van der Waals surface area contributed by atoms with Gasteiger partial charge < -0.3 is 9.47 Å². The molecule has 0 aliphatic carbocycles. The highest BCUT2D eigenvalue weighted by atomic mass is 32.2. The van der Waals surface area contributed by atoms with Gasteiger partial charge in [-0.3, -0.25) is 0 Å². The summed E-state index contributed by atoms with van der Waals surface area (Å²) in [4.78, 5) is 16.8. The highest BCUT2D eigenvalue weighted by molar-refractivity contribution is 8.18. The molecule has 13 heteroatoms. The Balaban J connectivity index is 1.51. The number of hydrogen-bond acceptors (Lipinski definition) is 10. The van der Waals surface area contributed by atoms with Crippen molar-refractivity contribution in [3.05, 3.63) is 82.8 Å². The summed E-state index contributed by atoms with van der Waals surface area (Å²) in [7, 11) is 0. The van der Waals surface area contributed by atoms with E-state index < -0.39 is 29.6 Å². The molecule has 0 spiro atoms. The van der Waals surface area contributed by atoms with Gasteiger partial charge in [0.05, 0.1) is 5.57 Å². The molecule has 0 N–H and O–H groups in total. The van der Waals surface area contributed by atoms with Gasteiger partial charge in [0.25, 0.3) is 0 Å². The molecule has 0 bridgehead atoms. The molecule has 1 aliphatic rings. The third kappa shape index (κ3) is 8.65. The minimum atomic E-state index is -4.65. The summed E-state index contributed by atoms with van der Waals surface area (Å²) < 4.78 is 50.3. The van der Waals surface area contributed by atoms with Gasteiger partial charge in [-0.1, -0.05) is 42.1 Å². The van der Waals surface area contributed by atoms with Crippen molar-refractivity contribution in [2.45, 2.75) is 18.5 Å². The molecule has 1 heterocycles. The maximum Gasteiger partial charge on any atom is 0.471 e. The molecule has 1 atom stereocenters. The van der Waals surface area contributed by atoms with Crippen LogP contribution >= 0.6 is 23.8 Å². The Morgan fingerprint density at radius 2 is 1.86 bits per heavy atom. The van der Waals surface area contributed by atoms with Crippen LogP contribution in [0, 0.1) is 11.3 Å². The Kier molecular flexibility index (Phi) is 9.83. The molecule has 8 nitrogen and oxygen atoms in total. The number of ether oxygens (including phenoxy) is 2. The number of allylic oxidation sites excluding steroid dienone is 2. The summed E-state index contributed by atoms with van der Waals surface area (Å²) >= 11 is 0.138. The topological polar surface area (TPSA) is 99.4 Å². The number of nitriles is 1. The van der Waals surface area contributed by atoms with Crippen molar-refractivity contribution in [3.63, 3.8) is 0 Å². The Morgan fingerprint density at radius 3 is 2.53 bits per heavy atom. The summed E-state index contributed by atoms with van der Waals surface area (Å²) in [6, 6.07) is 17.9. The van der Waals surface area contributed by atoms with Crippen LogP contribution in [-0.2, 0) is 23.9 Å². The van der Waals surface area contributed by atoms with Gasteiger partial charge in [0.2, 0.25) is 0 Å². The second-order valence-corrected chi connectivity index (χ2v) is 8.64. The fourth-order valence-corrected chi connectivity index (χ4v) is 3.73. The van der Waals surface area contributed by atoms with Crippen LogP contribution < -0.4 is 4.74 Å². The van der Waals surface area contributed by atoms with Crippen LogP contribution in [-0.4, -0.2) is 23.1 Å². The van der Waals surface area contributed by atoms with Crippen LogP contribution in [0.1, 0.15) is 24.2 Å². The van der Waals surface area contributed by atoms with E-state index in [4.69, 9.17) is 9.47 Å². The minimum Gasteiger partial charge on any atom is -0.482 e. The Bertz CT molecular complexity index is 1180. The van der Waals surface area contributed by atoms with Gasteiger partial charge in [-0.05, 0) is 59.6 Å². The normalized spacial score (nSPS) is 16.4. The molecular formula is C23H17F3N2O6S2. The number of alkyl halides is 3. The number of oxime groups is 1. The zero-order valence-corrected chi connectivity index (χ0v) is 20.1. The Labute approximate surface area is 212 Å². The van der Waals surface area contributed by atoms with Gasteiger partial charge in [0, 0.05) is 9.94 Å². The van der Waals surface area contributed by atoms with Crippen molar-refractivity contribution in [1.82, 2.24) is 0 Å². The smallest absolute Gasteiger partial charge is 0.471 e. The van der Waals surface area contributed by atoms with Crippen molar-refractivity contribution in [1.29, 1.82) is 5.26 Å². The molecule has 0 saturated heterocycles. The zero-order chi connectivity index (χ0) is 26.0. The summed E-state index contributed by atoms with van der Waals surface area (Å²) in [5, 5.41) is 17.1. The number of esters is 1. The molecule has 36 heavy (non-hydrogen) atoms. The first kappa shape index (κ1) is 27.2. The first-order chi connectivity index (χ1) is 17.2. The van der Waals surface area contributed by atoms with E-state index in [9.17, 15) is 23.2 Å². The second-order valence-electron chi connectivity index (χ2n) is 6.81. The standard InChI is InChI=1S/C23H17F3N2O6S2/c1-15(16-5-3-2-4-6-16)31-22(29)14-30-18-9-7-17(8-10-18)19(13-27)20-11-12-21(35-20)28-32-33-34-36-23(24,25)26/h2-12,15H,14H2,1H3/b20-19+,28-21?. The molecule has 2 aromatic carbocycles. The lowest BCUT2D eigenvalue weighted by molar-refractivity contribution is -0.463. The zero-order valence-electron chi connectivity index (χ0n) is 18.4. The van der Waals surface area contributed by atoms with Gasteiger partial charge in [0.1, 0.15) is 35.0 Å². The third-order valence-corrected chi connectivity index (χ3v) is 5.63. The summed E-state index contributed by atoms with van der Waals surface area (Å²) in [6.45, 7) is 1.49. The predicted molar refractivity (Wildman–Crippen MR) is 126 cm³/mol. The molecule has 188 valence electrons. The fraction of sp³-hybridized carbons (Fsp3) is 0.174. The van der Waals surface area contributed by atoms with Crippen molar-refractivity contribution in [2.75, 3.05) is 6.61 Å². The molecular weight excluding hydrogens is 521 g/mol. The molecule has 0 saturated carbocycles. The van der Waals surface area contributed by atoms with Crippen LogP contribution in [0.3, 0.4) is 0 Å². The van der Waals surface area contributed by atoms with E-state index >= 15 is 0 Å². The lowest BCUT2D eigenvalue weighted by Gasteiger charge is -2.14. The fourth-order valence-electron chi connectivity index (χ4n) is 2.77. The molecule has 3 rings (SSSR count). The number of rotatable bonds is 10. The number of thioether (sulfide) groups is 1. The summed E-state index contributed by atoms with van der Waals surface area (Å²) in [5.74, 6) is -0.118. The van der Waals surface area contributed by atoms with Gasteiger partial charge in [-0.2, -0.15) is 23.4 Å². The van der Waals surface area contributed by atoms with Crippen LogP contribution in [0.5, 0.6) is 5.75 Å². The first-order valence-corrected chi connectivity index (χ1v) is 11.6. The average Bonchev–Trinajstić information content (AvgIpc) is 3.32. The summed E-state index contributed by atoms with van der Waals surface area (Å²) in [6.07, 6.45) is 2.66. The number of benzene rings is 2. The van der Waals surface area contributed by atoms with E-state index in [1.54, 1.807) is 37.3 Å². The van der Waals surface area contributed by atoms with Crippen molar-refractivity contribution >= 4 is 40.4 Å². The van der Waals surface area contributed by atoms with Crippen molar-refractivity contribution < 1.29 is 41.8 Å². The van der Waals surface area contributed by atoms with Gasteiger partial charge in [-0.15, -0.1) is 4.33 Å². The number of carbonyl (C=O) groups is 1. The SMILES string of the molecule is CC(OC(=O)COc1ccc(/C(C#N)=C2\C=CC(=NOOOSC(F)(F)F)S2)cc1)c1ccccc1. The largest absolute Gasteiger partial charge is 0.482 e. The lowest BCUT2D eigenvalue weighted by Crippen LogP contribution is -2.16. The van der Waals surface area contributed by atoms with Crippen LogP contribution in [0.4, 0.5) is 13.2 Å². The summed E-state index contributed by atoms with van der Waals surface area (Å²) in [5.41, 5.74) is -2.90. The van der Waals surface area contributed by atoms with E-state index in [0.717, 1.165) is 17.3 Å². The number of carbonyl (C=O) groups excluding carboxylic acids is 1. The number of hydrogen-bond donors (Lipinski definition) is 0. The number of halogens is 3. The highest BCUT2D eigenvalue weighted by Gasteiger charge is 2.31. The second kappa shape index (κ2) is 13.0. The number of nitrogens with zero attached hydrogens (tertiary/aromatic N) is 2. The minimum absolute atomic E-state index is 0.224. The van der Waals surface area contributed by atoms with Crippen LogP contribution in [0.15, 0.2) is 76.8 Å². The highest BCUT2D eigenvalue weighted by Crippen LogP contribution is 2.35. The maximum absolute atomic E-state index is 12.1. The quantitative estimate of drug-likeness (QED) is 0.0865. The maximum atomic E-state index is 12.1. The van der Waals surface area contributed by atoms with E-state index in [-0.39, 0.29) is 11.7 Å². The predicted octanol–water partition coefficient (Wildman–Crippen LogP) is 6.27. The monoisotopic (exact) mass is 538 g/mol. The van der Waals surface area contributed by atoms with E-state index in [2.05, 4.69) is 25.6 Å². The van der Waals surface area contributed by atoms with Gasteiger partial charge >= 0.3 is 11.5 Å². The molecule has 2 aromatic rings. The van der Waals surface area contributed by atoms with Gasteiger partial charge in [0.15, 0.2) is 6.61 Å². The van der Waals surface area contributed by atoms with E-state index in [0.29, 0.717) is 21.8 Å². The molecule has 0 aromatic heterocycles. The van der Waals surface area contributed by atoms with Crippen molar-refractivity contribution in [2.24, 2.45) is 5.16 Å². The Morgan fingerprint density at radius 1 is 1.14 bits per heavy atom. The third-order valence-electron chi connectivity index (χ3n) is 4.34. The molecule has 0 radical (unpaired) electrons. The lowest BCUT2D eigenvalue weighted by atomic mass is 10.1. The Hall–Kier alpha value is -3.44. The molecule has 1 aliphatic heterocycles. The first-order valence-electron chi connectivity index (χ1n) is 10.1. The molecule has 0 fully saturated rings. The molecule has 1 unspecified atom stereocenters. The van der Waals surface area contributed by atoms with E-state index in [1.807, 2.05) is 30.3 Å². The van der Waals surface area contributed by atoms with Crippen LogP contribution in [0.25, 0.3) is 5.57 Å².